The summed E-state index contributed by atoms with van der Waals surface area (Å²) in [5.41, 5.74) is 1.69. The van der Waals surface area contributed by atoms with Gasteiger partial charge in [-0.2, -0.15) is 0 Å². The summed E-state index contributed by atoms with van der Waals surface area (Å²) < 4.78 is 18.8. The molecular formula is C10H12FNO. The number of likely N-dealkylation sites (N-methyl/N-ethyl adjacent to an activating group) is 1. The molecule has 0 fully saturated rings. The van der Waals surface area contributed by atoms with E-state index in [1.807, 2.05) is 13.1 Å². The SMILES string of the molecule is CNC[C@H]1OCc2cccc(F)c21. The monoisotopic (exact) mass is 181 g/mol. The van der Waals surface area contributed by atoms with Crippen LogP contribution in [0.4, 0.5) is 4.39 Å². The second kappa shape index (κ2) is 3.44. The predicted octanol–water partition coefficient (Wildman–Crippen LogP) is 1.62. The Morgan fingerprint density at radius 2 is 2.46 bits per heavy atom. The van der Waals surface area contributed by atoms with Crippen molar-refractivity contribution in [2.45, 2.75) is 12.7 Å². The molecule has 1 heterocycles. The zero-order valence-electron chi connectivity index (χ0n) is 7.51. The van der Waals surface area contributed by atoms with Crippen LogP contribution in [-0.2, 0) is 11.3 Å². The molecule has 0 aliphatic carbocycles. The van der Waals surface area contributed by atoms with Crippen LogP contribution < -0.4 is 5.32 Å². The van der Waals surface area contributed by atoms with Gasteiger partial charge in [0, 0.05) is 12.1 Å². The number of fused-ring (bicyclic) bond motifs is 1. The Labute approximate surface area is 76.7 Å². The maximum atomic E-state index is 13.4. The molecular weight excluding hydrogens is 169 g/mol. The lowest BCUT2D eigenvalue weighted by Gasteiger charge is -2.10. The van der Waals surface area contributed by atoms with Crippen molar-refractivity contribution in [3.8, 4) is 0 Å². The molecule has 2 rings (SSSR count). The first-order valence-electron chi connectivity index (χ1n) is 4.36. The van der Waals surface area contributed by atoms with E-state index in [9.17, 15) is 4.39 Å². The van der Waals surface area contributed by atoms with Gasteiger partial charge in [-0.15, -0.1) is 0 Å². The first-order chi connectivity index (χ1) is 6.33. The molecule has 0 radical (unpaired) electrons. The summed E-state index contributed by atoms with van der Waals surface area (Å²) in [6.07, 6.45) is -0.124. The summed E-state index contributed by atoms with van der Waals surface area (Å²) in [5.74, 6) is -0.157. The van der Waals surface area contributed by atoms with Crippen LogP contribution in [0.15, 0.2) is 18.2 Å². The predicted molar refractivity (Wildman–Crippen MR) is 47.9 cm³/mol. The highest BCUT2D eigenvalue weighted by molar-refractivity contribution is 5.33. The lowest BCUT2D eigenvalue weighted by atomic mass is 10.0. The Balaban J connectivity index is 2.34. The number of hydrogen-bond donors (Lipinski definition) is 1. The third-order valence-electron chi connectivity index (χ3n) is 2.29. The van der Waals surface area contributed by atoms with Crippen LogP contribution in [0.1, 0.15) is 17.2 Å². The largest absolute Gasteiger partial charge is 0.367 e. The Morgan fingerprint density at radius 1 is 1.62 bits per heavy atom. The lowest BCUT2D eigenvalue weighted by molar-refractivity contribution is 0.0659. The van der Waals surface area contributed by atoms with Gasteiger partial charge in [-0.05, 0) is 18.7 Å². The van der Waals surface area contributed by atoms with Crippen LogP contribution in [-0.4, -0.2) is 13.6 Å². The molecule has 1 aromatic carbocycles. The number of benzene rings is 1. The second-order valence-corrected chi connectivity index (χ2v) is 3.17. The summed E-state index contributed by atoms with van der Waals surface area (Å²) >= 11 is 0. The lowest BCUT2D eigenvalue weighted by Crippen LogP contribution is -2.17. The van der Waals surface area contributed by atoms with Gasteiger partial charge in [0.05, 0.1) is 12.7 Å². The van der Waals surface area contributed by atoms with Crippen molar-refractivity contribution in [2.75, 3.05) is 13.6 Å². The number of halogens is 1. The molecule has 0 unspecified atom stereocenters. The van der Waals surface area contributed by atoms with E-state index in [2.05, 4.69) is 5.32 Å². The fourth-order valence-corrected chi connectivity index (χ4v) is 1.69. The van der Waals surface area contributed by atoms with Gasteiger partial charge in [0.25, 0.3) is 0 Å². The Bertz CT molecular complexity index is 312. The van der Waals surface area contributed by atoms with Crippen LogP contribution in [0.3, 0.4) is 0 Å². The Morgan fingerprint density at radius 3 is 3.23 bits per heavy atom. The van der Waals surface area contributed by atoms with Crippen molar-refractivity contribution in [3.05, 3.63) is 35.1 Å². The van der Waals surface area contributed by atoms with E-state index < -0.39 is 0 Å². The minimum absolute atomic E-state index is 0.124. The molecule has 1 atom stereocenters. The fourth-order valence-electron chi connectivity index (χ4n) is 1.69. The minimum atomic E-state index is -0.157. The molecule has 2 nitrogen and oxygen atoms in total. The van der Waals surface area contributed by atoms with Crippen molar-refractivity contribution in [3.63, 3.8) is 0 Å². The molecule has 1 aliphatic heterocycles. The zero-order valence-corrected chi connectivity index (χ0v) is 7.51. The fraction of sp³-hybridized carbons (Fsp3) is 0.400. The molecule has 13 heavy (non-hydrogen) atoms. The molecule has 70 valence electrons. The number of nitrogens with one attached hydrogen (secondary N) is 1. The zero-order chi connectivity index (χ0) is 9.26. The molecule has 1 aromatic rings. The molecule has 0 bridgehead atoms. The normalized spacial score (nSPS) is 20.3. The number of hydrogen-bond acceptors (Lipinski definition) is 2. The van der Waals surface area contributed by atoms with Crippen molar-refractivity contribution in [1.29, 1.82) is 0 Å². The standard InChI is InChI=1S/C10H12FNO/c1-12-5-9-10-7(6-13-9)3-2-4-8(10)11/h2-4,9,12H,5-6H2,1H3/t9-/m1/s1. The highest BCUT2D eigenvalue weighted by Gasteiger charge is 2.25. The third-order valence-corrected chi connectivity index (χ3v) is 2.29. The Kier molecular flexibility index (Phi) is 2.29. The van der Waals surface area contributed by atoms with Crippen molar-refractivity contribution in [2.24, 2.45) is 0 Å². The Hall–Kier alpha value is -0.930. The maximum Gasteiger partial charge on any atom is 0.129 e. The van der Waals surface area contributed by atoms with Crippen LogP contribution in [0, 0.1) is 5.82 Å². The smallest absolute Gasteiger partial charge is 0.129 e. The first kappa shape index (κ1) is 8.66. The van der Waals surface area contributed by atoms with E-state index in [4.69, 9.17) is 4.74 Å². The van der Waals surface area contributed by atoms with Gasteiger partial charge in [0.2, 0.25) is 0 Å². The summed E-state index contributed by atoms with van der Waals surface area (Å²) in [5, 5.41) is 2.99. The quantitative estimate of drug-likeness (QED) is 0.748. The molecule has 0 spiro atoms. The van der Waals surface area contributed by atoms with Crippen molar-refractivity contribution < 1.29 is 9.13 Å². The van der Waals surface area contributed by atoms with E-state index in [1.165, 1.54) is 6.07 Å². The van der Waals surface area contributed by atoms with Crippen LogP contribution in [0.5, 0.6) is 0 Å². The van der Waals surface area contributed by atoms with E-state index >= 15 is 0 Å². The van der Waals surface area contributed by atoms with Gasteiger partial charge < -0.3 is 10.1 Å². The molecule has 1 aliphatic rings. The van der Waals surface area contributed by atoms with E-state index in [0.717, 1.165) is 11.1 Å². The highest BCUT2D eigenvalue weighted by atomic mass is 19.1. The molecule has 0 saturated carbocycles. The van der Waals surface area contributed by atoms with Crippen LogP contribution in [0.25, 0.3) is 0 Å². The van der Waals surface area contributed by atoms with Gasteiger partial charge in [-0.3, -0.25) is 0 Å². The van der Waals surface area contributed by atoms with E-state index in [-0.39, 0.29) is 11.9 Å². The van der Waals surface area contributed by atoms with Gasteiger partial charge in [0.1, 0.15) is 5.82 Å². The molecule has 0 saturated heterocycles. The minimum Gasteiger partial charge on any atom is -0.367 e. The summed E-state index contributed by atoms with van der Waals surface area (Å²) in [7, 11) is 1.84. The van der Waals surface area contributed by atoms with Crippen molar-refractivity contribution >= 4 is 0 Å². The average Bonchev–Trinajstić information content (AvgIpc) is 2.51. The molecule has 3 heteroatoms. The number of ether oxygens (including phenoxy) is 1. The van der Waals surface area contributed by atoms with Gasteiger partial charge in [-0.25, -0.2) is 4.39 Å². The molecule has 0 amide bonds. The average molecular weight is 181 g/mol. The van der Waals surface area contributed by atoms with Gasteiger partial charge >= 0.3 is 0 Å². The second-order valence-electron chi connectivity index (χ2n) is 3.17. The summed E-state index contributed by atoms with van der Waals surface area (Å²) in [6, 6.07) is 5.11. The molecule has 0 aromatic heterocycles. The van der Waals surface area contributed by atoms with E-state index in [0.29, 0.717) is 13.2 Å². The maximum absolute atomic E-state index is 13.4. The topological polar surface area (TPSA) is 21.3 Å². The van der Waals surface area contributed by atoms with Crippen molar-refractivity contribution in [1.82, 2.24) is 5.32 Å². The van der Waals surface area contributed by atoms with E-state index in [1.54, 1.807) is 6.07 Å². The van der Waals surface area contributed by atoms with Crippen LogP contribution >= 0.6 is 0 Å². The number of rotatable bonds is 2. The van der Waals surface area contributed by atoms with Gasteiger partial charge in [0.15, 0.2) is 0 Å². The van der Waals surface area contributed by atoms with Crippen LogP contribution in [0.2, 0.25) is 0 Å². The first-order valence-corrected chi connectivity index (χ1v) is 4.36. The summed E-state index contributed by atoms with van der Waals surface area (Å²) in [6.45, 7) is 1.19. The summed E-state index contributed by atoms with van der Waals surface area (Å²) in [4.78, 5) is 0. The highest BCUT2D eigenvalue weighted by Crippen LogP contribution is 2.31. The molecule has 1 N–H and O–H groups in total. The third kappa shape index (κ3) is 1.45. The van der Waals surface area contributed by atoms with Gasteiger partial charge in [-0.1, -0.05) is 12.1 Å².